The van der Waals surface area contributed by atoms with Crippen LogP contribution >= 0.6 is 0 Å². The molecule has 0 atom stereocenters. The molecule has 1 aliphatic carbocycles. The molecule has 2 N–H and O–H groups in total. The molecule has 164 valence electrons. The van der Waals surface area contributed by atoms with Gasteiger partial charge in [0.25, 0.3) is 0 Å². The lowest BCUT2D eigenvalue weighted by Crippen LogP contribution is -2.47. The maximum atomic E-state index is 5.41. The summed E-state index contributed by atoms with van der Waals surface area (Å²) < 4.78 is 7.39. The predicted octanol–water partition coefficient (Wildman–Crippen LogP) is 3.48. The average molecular weight is 413 g/mol. The topological polar surface area (TPSA) is 76.4 Å². The van der Waals surface area contributed by atoms with E-state index in [1.54, 1.807) is 7.11 Å². The van der Waals surface area contributed by atoms with E-state index in [9.17, 15) is 0 Å². The summed E-state index contributed by atoms with van der Waals surface area (Å²) in [7, 11) is 3.69. The van der Waals surface area contributed by atoms with Crippen LogP contribution in [0.2, 0.25) is 0 Å². The first-order chi connectivity index (χ1) is 14.4. The number of aliphatic imine (C=N–C) groups is 1. The van der Waals surface area contributed by atoms with Crippen molar-refractivity contribution < 1.29 is 4.74 Å². The molecule has 1 heterocycles. The third kappa shape index (κ3) is 5.74. The van der Waals surface area contributed by atoms with Gasteiger partial charge in [-0.05, 0) is 37.5 Å². The minimum atomic E-state index is -0.0785. The highest BCUT2D eigenvalue weighted by atomic mass is 16.5. The Kier molecular flexibility index (Phi) is 7.34. The Morgan fingerprint density at radius 2 is 2.00 bits per heavy atom. The number of benzene rings is 1. The van der Waals surface area contributed by atoms with Crippen LogP contribution in [0.1, 0.15) is 63.2 Å². The summed E-state index contributed by atoms with van der Waals surface area (Å²) in [5.74, 6) is 3.49. The van der Waals surface area contributed by atoms with Gasteiger partial charge < -0.3 is 19.9 Å². The summed E-state index contributed by atoms with van der Waals surface area (Å²) in [4.78, 5) is 4.84. The summed E-state index contributed by atoms with van der Waals surface area (Å²) in [6, 6.07) is 8.76. The van der Waals surface area contributed by atoms with Crippen molar-refractivity contribution in [2.45, 2.75) is 70.9 Å². The number of rotatable bonds is 7. The van der Waals surface area contributed by atoms with Gasteiger partial charge in [-0.2, -0.15) is 0 Å². The zero-order valence-electron chi connectivity index (χ0n) is 19.0. The molecule has 1 saturated carbocycles. The van der Waals surface area contributed by atoms with Gasteiger partial charge in [0, 0.05) is 25.0 Å². The van der Waals surface area contributed by atoms with E-state index in [1.165, 1.54) is 37.7 Å². The van der Waals surface area contributed by atoms with Gasteiger partial charge in [0.05, 0.1) is 7.11 Å². The number of hydrogen-bond acceptors (Lipinski definition) is 4. The Labute approximate surface area is 180 Å². The fraction of sp³-hybridized carbons (Fsp3) is 0.609. The van der Waals surface area contributed by atoms with Crippen LogP contribution in [-0.2, 0) is 19.0 Å². The van der Waals surface area contributed by atoms with Crippen LogP contribution in [-0.4, -0.2) is 40.4 Å². The van der Waals surface area contributed by atoms with Crippen molar-refractivity contribution in [2.75, 3.05) is 13.7 Å². The lowest BCUT2D eigenvalue weighted by atomic mass is 9.84. The number of methoxy groups -OCH3 is 1. The molecule has 0 aliphatic heterocycles. The maximum Gasteiger partial charge on any atom is 0.191 e. The van der Waals surface area contributed by atoms with Crippen LogP contribution in [0.25, 0.3) is 0 Å². The third-order valence-corrected chi connectivity index (χ3v) is 6.06. The first-order valence-corrected chi connectivity index (χ1v) is 10.9. The van der Waals surface area contributed by atoms with Gasteiger partial charge in [-0.25, -0.2) is 4.99 Å². The van der Waals surface area contributed by atoms with Gasteiger partial charge in [0.1, 0.15) is 18.1 Å². The smallest absolute Gasteiger partial charge is 0.191 e. The fourth-order valence-electron chi connectivity index (χ4n) is 3.78. The van der Waals surface area contributed by atoms with E-state index in [4.69, 9.17) is 9.73 Å². The van der Waals surface area contributed by atoms with Crippen molar-refractivity contribution in [1.29, 1.82) is 0 Å². The van der Waals surface area contributed by atoms with E-state index < -0.39 is 0 Å². The van der Waals surface area contributed by atoms with Crippen LogP contribution in [0.4, 0.5) is 0 Å². The van der Waals surface area contributed by atoms with Crippen molar-refractivity contribution in [3.8, 4) is 5.75 Å². The predicted molar refractivity (Wildman–Crippen MR) is 121 cm³/mol. The zero-order chi connectivity index (χ0) is 21.6. The molecule has 0 amide bonds. The molecule has 7 heteroatoms. The lowest BCUT2D eigenvalue weighted by Gasteiger charge is -2.29. The molecule has 3 rings (SSSR count). The van der Waals surface area contributed by atoms with Crippen molar-refractivity contribution in [2.24, 2.45) is 12.0 Å². The van der Waals surface area contributed by atoms with Crippen LogP contribution in [0.5, 0.6) is 5.75 Å². The summed E-state index contributed by atoms with van der Waals surface area (Å²) in [6.07, 6.45) is 6.29. The zero-order valence-corrected chi connectivity index (χ0v) is 19.0. The molecule has 0 radical (unpaired) electrons. The molecule has 1 fully saturated rings. The normalized spacial score (nSPS) is 15.8. The van der Waals surface area contributed by atoms with Gasteiger partial charge in [-0.1, -0.05) is 45.2 Å². The van der Waals surface area contributed by atoms with Gasteiger partial charge >= 0.3 is 0 Å². The number of nitrogens with zero attached hydrogens (tertiary/aromatic N) is 4. The third-order valence-electron chi connectivity index (χ3n) is 6.06. The van der Waals surface area contributed by atoms with E-state index >= 15 is 0 Å². The number of aryl methyl sites for hydroxylation is 1. The lowest BCUT2D eigenvalue weighted by molar-refractivity contribution is 0.405. The Balaban J connectivity index is 1.71. The number of ether oxygens (including phenoxy) is 1. The summed E-state index contributed by atoms with van der Waals surface area (Å²) in [5, 5.41) is 15.6. The maximum absolute atomic E-state index is 5.41. The Hall–Kier alpha value is -2.57. The molecule has 1 aliphatic rings. The second kappa shape index (κ2) is 9.96. The number of guanidine groups is 1. The molecule has 1 aromatic heterocycles. The average Bonchev–Trinajstić information content (AvgIpc) is 3.08. The van der Waals surface area contributed by atoms with Gasteiger partial charge in [0.2, 0.25) is 0 Å². The summed E-state index contributed by atoms with van der Waals surface area (Å²) in [5.41, 5.74) is 1.15. The number of hydrogen-bond donors (Lipinski definition) is 2. The standard InChI is InChI=1S/C23H36N6O/c1-17-27-28-21(29(17)4)15-24-22(26-19-11-7-6-8-12-19)25-16-23(2,3)18-10-9-13-20(14-18)30-5/h9-10,13-14,19H,6-8,11-12,15-16H2,1-5H3,(H2,24,25,26). The van der Waals surface area contributed by atoms with Gasteiger partial charge in [0.15, 0.2) is 11.8 Å². The molecule has 7 nitrogen and oxygen atoms in total. The van der Waals surface area contributed by atoms with Crippen LogP contribution in [0.3, 0.4) is 0 Å². The largest absolute Gasteiger partial charge is 0.497 e. The highest BCUT2D eigenvalue weighted by Gasteiger charge is 2.23. The Morgan fingerprint density at radius 3 is 2.67 bits per heavy atom. The summed E-state index contributed by atoms with van der Waals surface area (Å²) in [6.45, 7) is 7.68. The Morgan fingerprint density at radius 1 is 1.23 bits per heavy atom. The number of aromatic nitrogens is 3. The highest BCUT2D eigenvalue weighted by molar-refractivity contribution is 5.80. The van der Waals surface area contributed by atoms with Gasteiger partial charge in [-0.3, -0.25) is 0 Å². The molecule has 0 spiro atoms. The second-order valence-electron chi connectivity index (χ2n) is 8.84. The number of nitrogens with one attached hydrogen (secondary N) is 2. The van der Waals surface area contributed by atoms with Crippen molar-refractivity contribution >= 4 is 5.96 Å². The van der Waals surface area contributed by atoms with Crippen molar-refractivity contribution in [1.82, 2.24) is 25.4 Å². The minimum absolute atomic E-state index is 0.0785. The second-order valence-corrected chi connectivity index (χ2v) is 8.84. The van der Waals surface area contributed by atoms with Crippen LogP contribution in [0, 0.1) is 6.92 Å². The van der Waals surface area contributed by atoms with E-state index in [2.05, 4.69) is 46.8 Å². The van der Waals surface area contributed by atoms with E-state index in [0.717, 1.165) is 29.9 Å². The SMILES string of the molecule is COc1cccc(C(C)(C)CNC(=NCc2nnc(C)n2C)NC2CCCCC2)c1. The molecule has 0 bridgehead atoms. The molecule has 30 heavy (non-hydrogen) atoms. The highest BCUT2D eigenvalue weighted by Crippen LogP contribution is 2.26. The van der Waals surface area contributed by atoms with E-state index in [1.807, 2.05) is 30.7 Å². The van der Waals surface area contributed by atoms with Gasteiger partial charge in [-0.15, -0.1) is 10.2 Å². The Bertz CT molecular complexity index is 851. The van der Waals surface area contributed by atoms with Crippen molar-refractivity contribution in [3.05, 3.63) is 41.5 Å². The first kappa shape index (κ1) is 22.1. The quantitative estimate of drug-likeness (QED) is 0.538. The van der Waals surface area contributed by atoms with E-state index in [-0.39, 0.29) is 5.41 Å². The monoisotopic (exact) mass is 412 g/mol. The molecular weight excluding hydrogens is 376 g/mol. The molecule has 2 aromatic rings. The molecule has 0 unspecified atom stereocenters. The minimum Gasteiger partial charge on any atom is -0.497 e. The van der Waals surface area contributed by atoms with Crippen LogP contribution in [0.15, 0.2) is 29.3 Å². The molecular formula is C23H36N6O. The summed E-state index contributed by atoms with van der Waals surface area (Å²) >= 11 is 0. The fourth-order valence-corrected chi connectivity index (χ4v) is 3.78. The van der Waals surface area contributed by atoms with Crippen LogP contribution < -0.4 is 15.4 Å². The molecule has 0 saturated heterocycles. The van der Waals surface area contributed by atoms with Crippen molar-refractivity contribution in [3.63, 3.8) is 0 Å². The first-order valence-electron chi connectivity index (χ1n) is 10.9. The van der Waals surface area contributed by atoms with E-state index in [0.29, 0.717) is 12.6 Å². The molecule has 1 aromatic carbocycles.